The van der Waals surface area contributed by atoms with Crippen LogP contribution in [0.25, 0.3) is 0 Å². The molecule has 1 atom stereocenters. The van der Waals surface area contributed by atoms with Crippen LogP contribution in [-0.2, 0) is 6.54 Å². The number of aromatic nitrogens is 1. The van der Waals surface area contributed by atoms with E-state index in [4.69, 9.17) is 9.52 Å². The Morgan fingerprint density at radius 1 is 1.50 bits per heavy atom. The van der Waals surface area contributed by atoms with Gasteiger partial charge in [0.15, 0.2) is 6.39 Å². The number of hydrogen-bond donors (Lipinski definition) is 1. The largest absolute Gasteiger partial charge is 0.448 e. The number of piperidine rings is 1. The van der Waals surface area contributed by atoms with Crippen LogP contribution >= 0.6 is 0 Å². The minimum atomic E-state index is 0.275. The summed E-state index contributed by atoms with van der Waals surface area (Å²) in [4.78, 5) is 6.80. The van der Waals surface area contributed by atoms with Crippen LogP contribution in [0.4, 0.5) is 0 Å². The minimum absolute atomic E-state index is 0.275. The molecule has 1 unspecified atom stereocenters. The van der Waals surface area contributed by atoms with Crippen LogP contribution in [0.3, 0.4) is 0 Å². The van der Waals surface area contributed by atoms with Crippen molar-refractivity contribution >= 4 is 0 Å². The average Bonchev–Trinajstić information content (AvgIpc) is 2.80. The van der Waals surface area contributed by atoms with Gasteiger partial charge in [-0.15, -0.1) is 0 Å². The molecule has 1 aliphatic rings. The molecule has 1 saturated heterocycles. The molecule has 102 valence electrons. The molecule has 1 N–H and O–H groups in total. The molecule has 0 amide bonds. The van der Waals surface area contributed by atoms with Gasteiger partial charge in [-0.05, 0) is 25.8 Å². The van der Waals surface area contributed by atoms with Gasteiger partial charge in [0.05, 0.1) is 5.69 Å². The Morgan fingerprint density at radius 2 is 2.33 bits per heavy atom. The number of oxazole rings is 1. The fraction of sp³-hybridized carbons (Fsp3) is 0.786. The molecular weight excluding hydrogens is 228 g/mol. The standard InChI is InChI=1S/C14H24N2O2/c1-11(2)14-13(15-10-18-14)9-16-7-4-3-5-12(16)6-8-17/h10-12,17H,3-9H2,1-2H3. The summed E-state index contributed by atoms with van der Waals surface area (Å²) < 4.78 is 5.48. The van der Waals surface area contributed by atoms with Crippen molar-refractivity contribution in [2.24, 2.45) is 0 Å². The molecule has 0 aliphatic carbocycles. The Balaban J connectivity index is 2.03. The first-order valence-electron chi connectivity index (χ1n) is 6.99. The summed E-state index contributed by atoms with van der Waals surface area (Å²) in [5.41, 5.74) is 1.06. The minimum Gasteiger partial charge on any atom is -0.448 e. The number of hydrogen-bond acceptors (Lipinski definition) is 4. The molecule has 1 fully saturated rings. The van der Waals surface area contributed by atoms with Gasteiger partial charge in [0.1, 0.15) is 5.76 Å². The van der Waals surface area contributed by atoms with Gasteiger partial charge in [-0.25, -0.2) is 4.98 Å². The third-order valence-electron chi connectivity index (χ3n) is 3.76. The fourth-order valence-electron chi connectivity index (χ4n) is 2.80. The van der Waals surface area contributed by atoms with Crippen molar-refractivity contribution in [2.75, 3.05) is 13.2 Å². The summed E-state index contributed by atoms with van der Waals surface area (Å²) in [5.74, 6) is 1.38. The highest BCUT2D eigenvalue weighted by molar-refractivity contribution is 5.11. The lowest BCUT2D eigenvalue weighted by Crippen LogP contribution is -2.39. The molecule has 1 aromatic rings. The van der Waals surface area contributed by atoms with Crippen molar-refractivity contribution in [3.05, 3.63) is 17.8 Å². The van der Waals surface area contributed by atoms with Crippen LogP contribution in [0, 0.1) is 0 Å². The van der Waals surface area contributed by atoms with Crippen LogP contribution in [0.5, 0.6) is 0 Å². The first-order chi connectivity index (χ1) is 8.72. The number of aliphatic hydroxyl groups is 1. The van der Waals surface area contributed by atoms with Gasteiger partial charge in [-0.2, -0.15) is 0 Å². The van der Waals surface area contributed by atoms with Crippen molar-refractivity contribution < 1.29 is 9.52 Å². The van der Waals surface area contributed by atoms with E-state index in [-0.39, 0.29) is 6.61 Å². The molecule has 18 heavy (non-hydrogen) atoms. The van der Waals surface area contributed by atoms with Gasteiger partial charge >= 0.3 is 0 Å². The molecule has 1 aromatic heterocycles. The molecule has 0 spiro atoms. The third-order valence-corrected chi connectivity index (χ3v) is 3.76. The van der Waals surface area contributed by atoms with Gasteiger partial charge in [-0.3, -0.25) is 4.90 Å². The lowest BCUT2D eigenvalue weighted by atomic mass is 9.99. The predicted octanol–water partition coefficient (Wildman–Crippen LogP) is 2.53. The van der Waals surface area contributed by atoms with E-state index in [1.54, 1.807) is 6.39 Å². The molecule has 0 radical (unpaired) electrons. The lowest BCUT2D eigenvalue weighted by Gasteiger charge is -2.35. The Bertz CT molecular complexity index is 360. The maximum Gasteiger partial charge on any atom is 0.181 e. The van der Waals surface area contributed by atoms with Crippen molar-refractivity contribution in [1.82, 2.24) is 9.88 Å². The second kappa shape index (κ2) is 6.34. The fourth-order valence-corrected chi connectivity index (χ4v) is 2.80. The highest BCUT2D eigenvalue weighted by Gasteiger charge is 2.24. The molecule has 0 bridgehead atoms. The van der Waals surface area contributed by atoms with E-state index >= 15 is 0 Å². The Hall–Kier alpha value is -0.870. The summed E-state index contributed by atoms with van der Waals surface area (Å²) in [6, 6.07) is 0.500. The van der Waals surface area contributed by atoms with E-state index in [0.717, 1.165) is 31.0 Å². The van der Waals surface area contributed by atoms with Gasteiger partial charge in [-0.1, -0.05) is 20.3 Å². The summed E-state index contributed by atoms with van der Waals surface area (Å²) in [5, 5.41) is 9.14. The van der Waals surface area contributed by atoms with E-state index in [2.05, 4.69) is 23.7 Å². The molecule has 1 aliphatic heterocycles. The number of likely N-dealkylation sites (tertiary alicyclic amines) is 1. The zero-order valence-electron chi connectivity index (χ0n) is 11.4. The van der Waals surface area contributed by atoms with Gasteiger partial charge in [0, 0.05) is 25.1 Å². The van der Waals surface area contributed by atoms with E-state index in [1.165, 1.54) is 19.3 Å². The summed E-state index contributed by atoms with van der Waals surface area (Å²) in [7, 11) is 0. The first-order valence-corrected chi connectivity index (χ1v) is 6.99. The zero-order chi connectivity index (χ0) is 13.0. The molecule has 4 heteroatoms. The molecule has 4 nitrogen and oxygen atoms in total. The average molecular weight is 252 g/mol. The SMILES string of the molecule is CC(C)c1ocnc1CN1CCCCC1CCO. The van der Waals surface area contributed by atoms with Crippen LogP contribution in [0.1, 0.15) is 56.9 Å². The molecule has 2 rings (SSSR count). The summed E-state index contributed by atoms with van der Waals surface area (Å²) in [6.45, 7) is 6.50. The third kappa shape index (κ3) is 3.12. The molecule has 0 aromatic carbocycles. The van der Waals surface area contributed by atoms with Crippen molar-refractivity contribution in [1.29, 1.82) is 0 Å². The Labute approximate surface area is 109 Å². The lowest BCUT2D eigenvalue weighted by molar-refractivity contribution is 0.110. The molecule has 2 heterocycles. The smallest absolute Gasteiger partial charge is 0.181 e. The predicted molar refractivity (Wildman–Crippen MR) is 70.3 cm³/mol. The summed E-state index contributed by atoms with van der Waals surface area (Å²) >= 11 is 0. The van der Waals surface area contributed by atoms with Crippen molar-refractivity contribution in [2.45, 2.75) is 58.0 Å². The zero-order valence-corrected chi connectivity index (χ0v) is 11.4. The topological polar surface area (TPSA) is 49.5 Å². The maximum atomic E-state index is 9.14. The van der Waals surface area contributed by atoms with E-state index < -0.39 is 0 Å². The van der Waals surface area contributed by atoms with E-state index in [9.17, 15) is 0 Å². The molecular formula is C14H24N2O2. The van der Waals surface area contributed by atoms with Crippen molar-refractivity contribution in [3.63, 3.8) is 0 Å². The quantitative estimate of drug-likeness (QED) is 0.875. The van der Waals surface area contributed by atoms with Gasteiger partial charge in [0.2, 0.25) is 0 Å². The Morgan fingerprint density at radius 3 is 3.06 bits per heavy atom. The number of nitrogens with zero attached hydrogens (tertiary/aromatic N) is 2. The number of aliphatic hydroxyl groups excluding tert-OH is 1. The van der Waals surface area contributed by atoms with Gasteiger partial charge in [0.25, 0.3) is 0 Å². The highest BCUT2D eigenvalue weighted by Crippen LogP contribution is 2.25. The maximum absolute atomic E-state index is 9.14. The van der Waals surface area contributed by atoms with E-state index in [1.807, 2.05) is 0 Å². The summed E-state index contributed by atoms with van der Waals surface area (Å²) in [6.07, 6.45) is 6.13. The molecule has 0 saturated carbocycles. The van der Waals surface area contributed by atoms with Crippen LogP contribution < -0.4 is 0 Å². The van der Waals surface area contributed by atoms with Crippen LogP contribution in [0.2, 0.25) is 0 Å². The van der Waals surface area contributed by atoms with Crippen LogP contribution in [0.15, 0.2) is 10.8 Å². The second-order valence-electron chi connectivity index (χ2n) is 5.45. The van der Waals surface area contributed by atoms with Crippen LogP contribution in [-0.4, -0.2) is 34.2 Å². The normalized spacial score (nSPS) is 21.7. The Kier molecular flexibility index (Phi) is 4.78. The second-order valence-corrected chi connectivity index (χ2v) is 5.45. The van der Waals surface area contributed by atoms with Gasteiger partial charge < -0.3 is 9.52 Å². The first kappa shape index (κ1) is 13.6. The van der Waals surface area contributed by atoms with E-state index in [0.29, 0.717) is 12.0 Å². The number of rotatable bonds is 5. The highest BCUT2D eigenvalue weighted by atomic mass is 16.3. The van der Waals surface area contributed by atoms with Crippen molar-refractivity contribution in [3.8, 4) is 0 Å². The monoisotopic (exact) mass is 252 g/mol.